The number of nitrogen functional groups attached to an aromatic ring is 1. The van der Waals surface area contributed by atoms with Crippen LogP contribution in [-0.2, 0) is 6.54 Å². The lowest BCUT2D eigenvalue weighted by Crippen LogP contribution is -2.02. The molecule has 2 heterocycles. The number of hydrogen-bond donors (Lipinski definition) is 1. The van der Waals surface area contributed by atoms with Crippen LogP contribution in [0.3, 0.4) is 0 Å². The summed E-state index contributed by atoms with van der Waals surface area (Å²) in [5.41, 5.74) is 7.98. The summed E-state index contributed by atoms with van der Waals surface area (Å²) < 4.78 is 15.4. The van der Waals surface area contributed by atoms with Gasteiger partial charge < -0.3 is 10.3 Å². The van der Waals surface area contributed by atoms with Crippen molar-refractivity contribution in [3.05, 3.63) is 42.2 Å². The highest BCUT2D eigenvalue weighted by atomic mass is 19.1. The fourth-order valence-corrected chi connectivity index (χ4v) is 2.32. The van der Waals surface area contributed by atoms with Gasteiger partial charge in [-0.2, -0.15) is 0 Å². The molecule has 0 saturated carbocycles. The maximum Gasteiger partial charge on any atom is 0.159 e. The van der Waals surface area contributed by atoms with Gasteiger partial charge in [-0.25, -0.2) is 14.4 Å². The van der Waals surface area contributed by atoms with Crippen molar-refractivity contribution < 1.29 is 4.39 Å². The van der Waals surface area contributed by atoms with Gasteiger partial charge in [0.1, 0.15) is 17.3 Å². The smallest absolute Gasteiger partial charge is 0.159 e. The molecule has 0 fully saturated rings. The second kappa shape index (κ2) is 4.92. The Hall–Kier alpha value is -2.43. The number of halogens is 1. The number of nitrogens with two attached hydrogens (primary N) is 1. The number of benzene rings is 1. The maximum atomic E-state index is 13.5. The fourth-order valence-electron chi connectivity index (χ4n) is 2.32. The number of nitrogens with zero attached hydrogens (tertiary/aromatic N) is 3. The van der Waals surface area contributed by atoms with Crippen molar-refractivity contribution in [1.82, 2.24) is 14.5 Å². The van der Waals surface area contributed by atoms with Gasteiger partial charge in [0.15, 0.2) is 5.82 Å². The van der Waals surface area contributed by atoms with Crippen molar-refractivity contribution >= 4 is 16.9 Å². The lowest BCUT2D eigenvalue weighted by atomic mass is 10.3. The average Bonchev–Trinajstić information content (AvgIpc) is 2.78. The number of hydrogen-bond acceptors (Lipinski definition) is 3. The first-order valence-corrected chi connectivity index (χ1v) is 6.57. The molecule has 0 atom stereocenters. The molecule has 3 rings (SSSR count). The predicted octanol–water partition coefficient (Wildman–Crippen LogP) is 3.23. The van der Waals surface area contributed by atoms with Gasteiger partial charge in [0.25, 0.3) is 0 Å². The van der Waals surface area contributed by atoms with Crippen molar-refractivity contribution in [3.8, 4) is 11.5 Å². The third-order valence-corrected chi connectivity index (χ3v) is 3.16. The first-order chi connectivity index (χ1) is 9.69. The van der Waals surface area contributed by atoms with E-state index in [0.29, 0.717) is 11.5 Å². The van der Waals surface area contributed by atoms with Crippen LogP contribution < -0.4 is 5.73 Å². The van der Waals surface area contributed by atoms with Gasteiger partial charge in [-0.05, 0) is 36.8 Å². The van der Waals surface area contributed by atoms with Crippen molar-refractivity contribution in [1.29, 1.82) is 0 Å². The van der Waals surface area contributed by atoms with E-state index < -0.39 is 0 Å². The zero-order chi connectivity index (χ0) is 14.1. The van der Waals surface area contributed by atoms with Crippen LogP contribution in [0.2, 0.25) is 0 Å². The molecule has 0 spiro atoms. The van der Waals surface area contributed by atoms with E-state index in [1.165, 1.54) is 12.1 Å². The minimum atomic E-state index is -0.262. The highest BCUT2D eigenvalue weighted by Gasteiger charge is 2.13. The third-order valence-electron chi connectivity index (χ3n) is 3.16. The highest BCUT2D eigenvalue weighted by molar-refractivity contribution is 5.80. The second-order valence-corrected chi connectivity index (χ2v) is 4.67. The van der Waals surface area contributed by atoms with Crippen LogP contribution in [0.15, 0.2) is 36.4 Å². The van der Waals surface area contributed by atoms with Crippen molar-refractivity contribution in [2.45, 2.75) is 19.9 Å². The van der Waals surface area contributed by atoms with Crippen molar-refractivity contribution in [2.24, 2.45) is 0 Å². The van der Waals surface area contributed by atoms with Crippen LogP contribution in [0, 0.1) is 5.82 Å². The van der Waals surface area contributed by atoms with Crippen LogP contribution in [0.25, 0.3) is 22.6 Å². The molecule has 2 aromatic heterocycles. The Balaban J connectivity index is 2.26. The molecule has 0 aliphatic heterocycles. The van der Waals surface area contributed by atoms with E-state index in [0.717, 1.165) is 29.8 Å². The summed E-state index contributed by atoms with van der Waals surface area (Å²) in [5, 5.41) is 0. The molecule has 0 aliphatic rings. The predicted molar refractivity (Wildman–Crippen MR) is 77.6 cm³/mol. The summed E-state index contributed by atoms with van der Waals surface area (Å²) in [6.07, 6.45) is 0.928. The lowest BCUT2D eigenvalue weighted by molar-refractivity contribution is 0.627. The summed E-state index contributed by atoms with van der Waals surface area (Å²) in [4.78, 5) is 8.87. The Labute approximate surface area is 116 Å². The summed E-state index contributed by atoms with van der Waals surface area (Å²) in [6.45, 7) is 2.83. The molecule has 102 valence electrons. The first-order valence-electron chi connectivity index (χ1n) is 6.57. The Bertz CT molecular complexity index is 764. The lowest BCUT2D eigenvalue weighted by Gasteiger charge is -2.07. The second-order valence-electron chi connectivity index (χ2n) is 4.67. The largest absolute Gasteiger partial charge is 0.384 e. The molecule has 0 saturated heterocycles. The van der Waals surface area contributed by atoms with E-state index in [2.05, 4.69) is 16.9 Å². The Morgan fingerprint density at radius 2 is 2.05 bits per heavy atom. The van der Waals surface area contributed by atoms with E-state index in [4.69, 9.17) is 5.73 Å². The van der Waals surface area contributed by atoms with Gasteiger partial charge in [0, 0.05) is 6.54 Å². The van der Waals surface area contributed by atoms with E-state index in [1.54, 1.807) is 12.1 Å². The van der Waals surface area contributed by atoms with Crippen LogP contribution >= 0.6 is 0 Å². The average molecular weight is 270 g/mol. The number of fused-ring (bicyclic) bond motifs is 1. The van der Waals surface area contributed by atoms with E-state index in [-0.39, 0.29) is 5.82 Å². The molecule has 3 aromatic rings. The van der Waals surface area contributed by atoms with Crippen LogP contribution in [0.5, 0.6) is 0 Å². The topological polar surface area (TPSA) is 56.7 Å². The molecule has 4 nitrogen and oxygen atoms in total. The fraction of sp³-hybridized carbons (Fsp3) is 0.200. The summed E-state index contributed by atoms with van der Waals surface area (Å²) in [6, 6.07) is 10.0. The number of imidazole rings is 1. The highest BCUT2D eigenvalue weighted by Crippen LogP contribution is 2.25. The number of rotatable bonds is 3. The number of pyridine rings is 1. The van der Waals surface area contributed by atoms with Crippen LogP contribution in [-0.4, -0.2) is 14.5 Å². The van der Waals surface area contributed by atoms with Crippen LogP contribution in [0.1, 0.15) is 13.3 Å². The maximum absolute atomic E-state index is 13.5. The molecule has 1 aromatic carbocycles. The Kier molecular flexibility index (Phi) is 3.10. The third kappa shape index (κ3) is 2.11. The normalized spacial score (nSPS) is 11.1. The Morgan fingerprint density at radius 1 is 1.20 bits per heavy atom. The zero-order valence-electron chi connectivity index (χ0n) is 11.2. The molecule has 0 bridgehead atoms. The van der Waals surface area contributed by atoms with Gasteiger partial charge in [0.05, 0.1) is 11.0 Å². The SMILES string of the molecule is CCCn1c(-c2cccc(N)n2)nc2ccc(F)cc21. The molecule has 20 heavy (non-hydrogen) atoms. The zero-order valence-corrected chi connectivity index (χ0v) is 11.2. The summed E-state index contributed by atoms with van der Waals surface area (Å²) in [7, 11) is 0. The van der Waals surface area contributed by atoms with Gasteiger partial charge in [0.2, 0.25) is 0 Å². The monoisotopic (exact) mass is 270 g/mol. The molecule has 0 unspecified atom stereocenters. The first kappa shape index (κ1) is 12.6. The van der Waals surface area contributed by atoms with E-state index >= 15 is 0 Å². The molecule has 0 amide bonds. The van der Waals surface area contributed by atoms with Crippen molar-refractivity contribution in [2.75, 3.05) is 5.73 Å². The molecular formula is C15H15FN4. The quantitative estimate of drug-likeness (QED) is 0.795. The van der Waals surface area contributed by atoms with Crippen LogP contribution in [0.4, 0.5) is 10.2 Å². The van der Waals surface area contributed by atoms with Gasteiger partial charge in [-0.15, -0.1) is 0 Å². The minimum Gasteiger partial charge on any atom is -0.384 e. The van der Waals surface area contributed by atoms with Gasteiger partial charge >= 0.3 is 0 Å². The number of aryl methyl sites for hydroxylation is 1. The number of aromatic nitrogens is 3. The van der Waals surface area contributed by atoms with Gasteiger partial charge in [-0.3, -0.25) is 0 Å². The minimum absolute atomic E-state index is 0.262. The van der Waals surface area contributed by atoms with Crippen molar-refractivity contribution in [3.63, 3.8) is 0 Å². The summed E-state index contributed by atoms with van der Waals surface area (Å²) in [5.74, 6) is 0.908. The molecule has 2 N–H and O–H groups in total. The molecule has 5 heteroatoms. The molecule has 0 radical (unpaired) electrons. The molecular weight excluding hydrogens is 255 g/mol. The summed E-state index contributed by atoms with van der Waals surface area (Å²) >= 11 is 0. The Morgan fingerprint density at radius 3 is 2.80 bits per heavy atom. The standard InChI is InChI=1S/C15H15FN4/c1-2-8-20-13-9-10(16)6-7-11(13)19-15(20)12-4-3-5-14(17)18-12/h3-7,9H,2,8H2,1H3,(H2,17,18). The number of anilines is 1. The van der Waals surface area contributed by atoms with E-state index in [1.807, 2.05) is 16.7 Å². The molecule has 0 aliphatic carbocycles. The van der Waals surface area contributed by atoms with Gasteiger partial charge in [-0.1, -0.05) is 13.0 Å². The van der Waals surface area contributed by atoms with E-state index in [9.17, 15) is 4.39 Å².